The molecule has 0 aliphatic carbocycles. The Hall–Kier alpha value is -2.53. The van der Waals surface area contributed by atoms with Crippen LogP contribution in [0.15, 0.2) is 65.7 Å². The lowest BCUT2D eigenvalue weighted by molar-refractivity contribution is -0.120. The normalized spacial score (nSPS) is 11.9. The zero-order valence-corrected chi connectivity index (χ0v) is 15.0. The summed E-state index contributed by atoms with van der Waals surface area (Å²) in [5, 5.41) is 4.67. The third kappa shape index (κ3) is 4.31. The first-order chi connectivity index (χ1) is 12.2. The number of thioether (sulfide) groups is 1. The molecule has 128 valence electrons. The molecule has 0 fully saturated rings. The minimum absolute atomic E-state index is 0.0223. The first-order valence-electron chi connectivity index (χ1n) is 8.09. The Balaban J connectivity index is 1.61. The number of hydrogen-bond donors (Lipinski definition) is 1. The molecular weight excluding hydrogens is 332 g/mol. The van der Waals surface area contributed by atoms with Gasteiger partial charge in [-0.25, -0.2) is 4.98 Å². The molecule has 0 saturated heterocycles. The van der Waals surface area contributed by atoms with Crippen LogP contribution in [-0.4, -0.2) is 23.3 Å². The van der Waals surface area contributed by atoms with E-state index in [0.717, 1.165) is 27.2 Å². The third-order valence-corrected chi connectivity index (χ3v) is 4.92. The van der Waals surface area contributed by atoms with Crippen molar-refractivity contribution in [2.45, 2.75) is 23.7 Å². The maximum absolute atomic E-state index is 12.4. The van der Waals surface area contributed by atoms with E-state index in [0.29, 0.717) is 6.54 Å². The number of pyridine rings is 1. The van der Waals surface area contributed by atoms with E-state index in [1.165, 1.54) is 11.8 Å². The fourth-order valence-electron chi connectivity index (χ4n) is 2.52. The number of para-hydroxylation sites is 2. The number of fused-ring (bicyclic) bond motifs is 1. The van der Waals surface area contributed by atoms with E-state index >= 15 is 0 Å². The molecule has 0 aliphatic rings. The van der Waals surface area contributed by atoms with Crippen molar-refractivity contribution in [2.24, 2.45) is 0 Å². The zero-order valence-electron chi connectivity index (χ0n) is 14.2. The van der Waals surface area contributed by atoms with Crippen LogP contribution in [0.4, 0.5) is 0 Å². The summed E-state index contributed by atoms with van der Waals surface area (Å²) in [4.78, 5) is 17.0. The summed E-state index contributed by atoms with van der Waals surface area (Å²) in [6.07, 6.45) is 0. The van der Waals surface area contributed by atoms with Crippen molar-refractivity contribution >= 4 is 28.6 Å². The SMILES string of the molecule is COc1ccccc1CNC(=O)C(C)Sc1ccc2ccccc2n1. The molecule has 0 bridgehead atoms. The molecule has 2 aromatic carbocycles. The van der Waals surface area contributed by atoms with Gasteiger partial charge in [0.25, 0.3) is 0 Å². The van der Waals surface area contributed by atoms with Crippen LogP contribution >= 0.6 is 11.8 Å². The van der Waals surface area contributed by atoms with E-state index in [9.17, 15) is 4.79 Å². The number of methoxy groups -OCH3 is 1. The highest BCUT2D eigenvalue weighted by atomic mass is 32.2. The lowest BCUT2D eigenvalue weighted by Gasteiger charge is -2.13. The van der Waals surface area contributed by atoms with Crippen LogP contribution < -0.4 is 10.1 Å². The minimum atomic E-state index is -0.233. The van der Waals surface area contributed by atoms with Crippen molar-refractivity contribution in [3.63, 3.8) is 0 Å². The molecule has 1 N–H and O–H groups in total. The molecule has 3 aromatic rings. The van der Waals surface area contributed by atoms with Crippen molar-refractivity contribution < 1.29 is 9.53 Å². The van der Waals surface area contributed by atoms with Gasteiger partial charge in [0.05, 0.1) is 22.9 Å². The molecule has 1 aromatic heterocycles. The first-order valence-corrected chi connectivity index (χ1v) is 8.97. The van der Waals surface area contributed by atoms with Crippen LogP contribution in [0.5, 0.6) is 5.75 Å². The average Bonchev–Trinajstić information content (AvgIpc) is 2.66. The van der Waals surface area contributed by atoms with Crippen molar-refractivity contribution in [1.29, 1.82) is 0 Å². The highest BCUT2D eigenvalue weighted by Crippen LogP contribution is 2.24. The Bertz CT molecular complexity index is 882. The minimum Gasteiger partial charge on any atom is -0.496 e. The summed E-state index contributed by atoms with van der Waals surface area (Å²) in [5.74, 6) is 0.755. The van der Waals surface area contributed by atoms with Gasteiger partial charge in [-0.2, -0.15) is 0 Å². The number of ether oxygens (including phenoxy) is 1. The molecule has 0 aliphatic heterocycles. The van der Waals surface area contributed by atoms with E-state index in [2.05, 4.69) is 10.3 Å². The van der Waals surface area contributed by atoms with E-state index in [1.54, 1.807) is 7.11 Å². The molecule has 3 rings (SSSR count). The molecule has 1 atom stereocenters. The summed E-state index contributed by atoms with van der Waals surface area (Å²) in [6.45, 7) is 2.33. The van der Waals surface area contributed by atoms with E-state index in [4.69, 9.17) is 4.74 Å². The monoisotopic (exact) mass is 352 g/mol. The second-order valence-corrected chi connectivity index (χ2v) is 6.99. The van der Waals surface area contributed by atoms with Gasteiger partial charge in [-0.15, -0.1) is 0 Å². The number of benzene rings is 2. The molecule has 1 unspecified atom stereocenters. The van der Waals surface area contributed by atoms with Gasteiger partial charge in [0, 0.05) is 17.5 Å². The number of amides is 1. The molecule has 5 heteroatoms. The van der Waals surface area contributed by atoms with Crippen molar-refractivity contribution in [1.82, 2.24) is 10.3 Å². The first kappa shape index (κ1) is 17.3. The van der Waals surface area contributed by atoms with Gasteiger partial charge in [-0.1, -0.05) is 54.2 Å². The molecule has 4 nitrogen and oxygen atoms in total. The summed E-state index contributed by atoms with van der Waals surface area (Å²) in [7, 11) is 1.63. The van der Waals surface area contributed by atoms with Gasteiger partial charge >= 0.3 is 0 Å². The highest BCUT2D eigenvalue weighted by molar-refractivity contribution is 8.00. The topological polar surface area (TPSA) is 51.2 Å². The lowest BCUT2D eigenvalue weighted by Crippen LogP contribution is -2.30. The number of nitrogens with one attached hydrogen (secondary N) is 1. The van der Waals surface area contributed by atoms with Crippen LogP contribution in [0, 0.1) is 0 Å². The van der Waals surface area contributed by atoms with Gasteiger partial charge in [-0.3, -0.25) is 4.79 Å². The van der Waals surface area contributed by atoms with Crippen LogP contribution in [0.2, 0.25) is 0 Å². The molecule has 1 amide bonds. The smallest absolute Gasteiger partial charge is 0.233 e. The van der Waals surface area contributed by atoms with E-state index in [1.807, 2.05) is 67.6 Å². The fourth-order valence-corrected chi connectivity index (χ4v) is 3.37. The summed E-state index contributed by atoms with van der Waals surface area (Å²) in [6, 6.07) is 19.6. The number of nitrogens with zero attached hydrogens (tertiary/aromatic N) is 1. The molecule has 0 saturated carbocycles. The maximum Gasteiger partial charge on any atom is 0.233 e. The predicted molar refractivity (Wildman–Crippen MR) is 102 cm³/mol. The molecule has 0 radical (unpaired) electrons. The van der Waals surface area contributed by atoms with Crippen molar-refractivity contribution in [2.75, 3.05) is 7.11 Å². The quantitative estimate of drug-likeness (QED) is 0.680. The number of rotatable bonds is 6. The maximum atomic E-state index is 12.4. The summed E-state index contributed by atoms with van der Waals surface area (Å²) in [5.41, 5.74) is 1.90. The van der Waals surface area contributed by atoms with Crippen molar-refractivity contribution in [3.05, 3.63) is 66.2 Å². The van der Waals surface area contributed by atoms with Gasteiger partial charge < -0.3 is 10.1 Å². The van der Waals surface area contributed by atoms with Gasteiger partial charge in [0.15, 0.2) is 0 Å². The number of hydrogen-bond acceptors (Lipinski definition) is 4. The molecule has 25 heavy (non-hydrogen) atoms. The average molecular weight is 352 g/mol. The van der Waals surface area contributed by atoms with Crippen LogP contribution in [0.1, 0.15) is 12.5 Å². The zero-order chi connectivity index (χ0) is 17.6. The number of aromatic nitrogens is 1. The van der Waals surface area contributed by atoms with Gasteiger partial charge in [0.2, 0.25) is 5.91 Å². The van der Waals surface area contributed by atoms with Crippen LogP contribution in [0.3, 0.4) is 0 Å². The van der Waals surface area contributed by atoms with Crippen LogP contribution in [0.25, 0.3) is 10.9 Å². The van der Waals surface area contributed by atoms with Gasteiger partial charge in [-0.05, 0) is 25.1 Å². The largest absolute Gasteiger partial charge is 0.496 e. The molecule has 0 spiro atoms. The molecule has 1 heterocycles. The lowest BCUT2D eigenvalue weighted by atomic mass is 10.2. The second kappa shape index (κ2) is 8.03. The standard InChI is InChI=1S/C20H20N2O2S/c1-14(20(23)21-13-16-8-4-6-10-18(16)24-2)25-19-12-11-15-7-3-5-9-17(15)22-19/h3-12,14H,13H2,1-2H3,(H,21,23). The molecular formula is C20H20N2O2S. The fraction of sp³-hybridized carbons (Fsp3) is 0.200. The third-order valence-electron chi connectivity index (χ3n) is 3.89. The Labute approximate surface area is 151 Å². The number of carbonyl (C=O) groups is 1. The predicted octanol–water partition coefficient (Wildman–Crippen LogP) is 4.04. The van der Waals surface area contributed by atoms with Crippen molar-refractivity contribution in [3.8, 4) is 5.75 Å². The summed E-state index contributed by atoms with van der Waals surface area (Å²) >= 11 is 1.46. The van der Waals surface area contributed by atoms with Crippen LogP contribution in [-0.2, 0) is 11.3 Å². The Kier molecular flexibility index (Phi) is 5.56. The summed E-state index contributed by atoms with van der Waals surface area (Å²) < 4.78 is 5.31. The second-order valence-electron chi connectivity index (χ2n) is 5.63. The van der Waals surface area contributed by atoms with E-state index in [-0.39, 0.29) is 11.2 Å². The Morgan fingerprint density at radius 1 is 1.12 bits per heavy atom. The van der Waals surface area contributed by atoms with Gasteiger partial charge in [0.1, 0.15) is 5.75 Å². The Morgan fingerprint density at radius 3 is 2.72 bits per heavy atom. The Morgan fingerprint density at radius 2 is 1.88 bits per heavy atom. The van der Waals surface area contributed by atoms with E-state index < -0.39 is 0 Å². The highest BCUT2D eigenvalue weighted by Gasteiger charge is 2.15. The number of carbonyl (C=O) groups excluding carboxylic acids is 1.